The molecule has 168 valence electrons. The van der Waals surface area contributed by atoms with E-state index < -0.39 is 0 Å². The van der Waals surface area contributed by atoms with Gasteiger partial charge in [-0.05, 0) is 69.1 Å². The van der Waals surface area contributed by atoms with Crippen LogP contribution in [0.5, 0.6) is 5.75 Å². The van der Waals surface area contributed by atoms with Crippen molar-refractivity contribution in [1.29, 1.82) is 0 Å². The monoisotopic (exact) mass is 445 g/mol. The van der Waals surface area contributed by atoms with E-state index in [0.29, 0.717) is 36.9 Å². The second kappa shape index (κ2) is 10.4. The number of nitrogens with one attached hydrogen (secondary N) is 2. The van der Waals surface area contributed by atoms with Crippen LogP contribution in [-0.4, -0.2) is 60.1 Å². The molecule has 2 saturated heterocycles. The maximum absolute atomic E-state index is 12.8. The Labute approximate surface area is 188 Å². The third-order valence-corrected chi connectivity index (χ3v) is 6.21. The maximum atomic E-state index is 12.8. The lowest BCUT2D eigenvalue weighted by atomic mass is 10.1. The molecule has 0 bridgehead atoms. The Bertz CT molecular complexity index is 951. The third kappa shape index (κ3) is 5.75. The molecule has 0 saturated carbocycles. The maximum Gasteiger partial charge on any atom is 0.253 e. The van der Waals surface area contributed by atoms with E-state index in [4.69, 9.17) is 26.4 Å². The summed E-state index contributed by atoms with van der Waals surface area (Å²) < 4.78 is 17.1. The highest BCUT2D eigenvalue weighted by atomic mass is 32.1. The van der Waals surface area contributed by atoms with Gasteiger partial charge in [0.25, 0.3) is 5.56 Å². The van der Waals surface area contributed by atoms with Gasteiger partial charge in [0.15, 0.2) is 5.11 Å². The van der Waals surface area contributed by atoms with E-state index in [9.17, 15) is 4.79 Å². The van der Waals surface area contributed by atoms with Crippen LogP contribution in [0.2, 0.25) is 0 Å². The average Bonchev–Trinajstić information content (AvgIpc) is 3.46. The number of rotatable bonds is 8. The van der Waals surface area contributed by atoms with Crippen molar-refractivity contribution in [2.45, 2.75) is 51.4 Å². The number of benzene rings is 1. The predicted octanol–water partition coefficient (Wildman–Crippen LogP) is 2.96. The minimum atomic E-state index is -0.101. The molecule has 7 nitrogen and oxygen atoms in total. The first-order valence-corrected chi connectivity index (χ1v) is 11.6. The van der Waals surface area contributed by atoms with E-state index in [-0.39, 0.29) is 17.8 Å². The zero-order chi connectivity index (χ0) is 21.6. The second-order valence-corrected chi connectivity index (χ2v) is 8.53. The van der Waals surface area contributed by atoms with E-state index in [1.807, 2.05) is 36.1 Å². The van der Waals surface area contributed by atoms with Crippen LogP contribution in [0.3, 0.4) is 0 Å². The fourth-order valence-electron chi connectivity index (χ4n) is 4.18. The fourth-order valence-corrected chi connectivity index (χ4v) is 4.40. The molecule has 31 heavy (non-hydrogen) atoms. The van der Waals surface area contributed by atoms with Gasteiger partial charge in [0.05, 0.1) is 25.4 Å². The van der Waals surface area contributed by atoms with Gasteiger partial charge in [-0.1, -0.05) is 0 Å². The highest BCUT2D eigenvalue weighted by Crippen LogP contribution is 2.21. The third-order valence-electron chi connectivity index (χ3n) is 5.80. The number of aromatic nitrogens is 1. The molecule has 4 rings (SSSR count). The van der Waals surface area contributed by atoms with Gasteiger partial charge in [0.2, 0.25) is 0 Å². The first kappa shape index (κ1) is 22.0. The van der Waals surface area contributed by atoms with Crippen molar-refractivity contribution in [3.05, 3.63) is 40.2 Å². The largest absolute Gasteiger partial charge is 0.494 e. The molecule has 2 aliphatic rings. The normalized spacial score (nSPS) is 20.8. The molecule has 1 aromatic carbocycles. The first-order valence-electron chi connectivity index (χ1n) is 11.2. The summed E-state index contributed by atoms with van der Waals surface area (Å²) in [6.07, 6.45) is 4.54. The zero-order valence-corrected chi connectivity index (χ0v) is 18.8. The molecular weight excluding hydrogens is 414 g/mol. The zero-order valence-electron chi connectivity index (χ0n) is 18.0. The molecule has 1 aromatic heterocycles. The number of H-pyrrole nitrogens is 1. The molecule has 2 aliphatic heterocycles. The summed E-state index contributed by atoms with van der Waals surface area (Å²) in [7, 11) is 0. The van der Waals surface area contributed by atoms with Gasteiger partial charge in [0, 0.05) is 42.8 Å². The van der Waals surface area contributed by atoms with Crippen molar-refractivity contribution in [1.82, 2.24) is 15.2 Å². The summed E-state index contributed by atoms with van der Waals surface area (Å²) in [6, 6.07) is 7.64. The molecule has 2 atom stereocenters. The van der Waals surface area contributed by atoms with Crippen molar-refractivity contribution in [3.63, 3.8) is 0 Å². The van der Waals surface area contributed by atoms with Gasteiger partial charge in [-0.3, -0.25) is 4.79 Å². The van der Waals surface area contributed by atoms with E-state index in [1.54, 1.807) is 0 Å². The van der Waals surface area contributed by atoms with E-state index in [2.05, 4.69) is 10.3 Å². The van der Waals surface area contributed by atoms with Crippen molar-refractivity contribution in [2.75, 3.05) is 32.9 Å². The molecule has 0 amide bonds. The Morgan fingerprint density at radius 1 is 1.23 bits per heavy atom. The quantitative estimate of drug-likeness (QED) is 0.605. The SMILES string of the molecule is CCOc1ccc2[nH]c(=O)c(CN(C[C@@H]3CCCO3)C(=S)NC[C@H]3CCCO3)cc2c1. The average molecular weight is 446 g/mol. The minimum absolute atomic E-state index is 0.101. The van der Waals surface area contributed by atoms with Gasteiger partial charge in [-0.25, -0.2) is 0 Å². The number of hydrogen-bond acceptors (Lipinski definition) is 5. The molecule has 8 heteroatoms. The summed E-state index contributed by atoms with van der Waals surface area (Å²) in [5.41, 5.74) is 1.36. The number of fused-ring (bicyclic) bond motifs is 1. The standard InChI is InChI=1S/C23H31N3O4S/c1-2-28-18-7-8-21-16(12-18)11-17(22(27)25-21)14-26(15-20-6-4-10-30-20)23(31)24-13-19-5-3-9-29-19/h7-8,11-12,19-20H,2-6,9-10,13-15H2,1H3,(H,24,31)(H,25,27)/t19-,20+/m1/s1. The smallest absolute Gasteiger partial charge is 0.253 e. The highest BCUT2D eigenvalue weighted by Gasteiger charge is 2.23. The van der Waals surface area contributed by atoms with E-state index in [1.165, 1.54) is 0 Å². The van der Waals surface area contributed by atoms with Crippen LogP contribution in [0, 0.1) is 0 Å². The summed E-state index contributed by atoms with van der Waals surface area (Å²) in [4.78, 5) is 17.8. The molecule has 2 N–H and O–H groups in total. The number of nitrogens with zero attached hydrogens (tertiary/aromatic N) is 1. The molecule has 0 spiro atoms. The number of ether oxygens (including phenoxy) is 3. The summed E-state index contributed by atoms with van der Waals surface area (Å²) >= 11 is 5.71. The van der Waals surface area contributed by atoms with Crippen LogP contribution in [0.15, 0.2) is 29.1 Å². The Morgan fingerprint density at radius 3 is 2.71 bits per heavy atom. The Kier molecular flexibility index (Phi) is 7.42. The number of hydrogen-bond donors (Lipinski definition) is 2. The van der Waals surface area contributed by atoms with Crippen LogP contribution in [-0.2, 0) is 16.0 Å². The second-order valence-electron chi connectivity index (χ2n) is 8.14. The fraction of sp³-hybridized carbons (Fsp3) is 0.565. The van der Waals surface area contributed by atoms with Crippen LogP contribution in [0.1, 0.15) is 38.2 Å². The minimum Gasteiger partial charge on any atom is -0.494 e. The Hall–Kier alpha value is -2.16. The van der Waals surface area contributed by atoms with Gasteiger partial charge in [-0.15, -0.1) is 0 Å². The van der Waals surface area contributed by atoms with Crippen LogP contribution in [0.25, 0.3) is 10.9 Å². The topological polar surface area (TPSA) is 75.8 Å². The number of thiocarbonyl (C=S) groups is 1. The van der Waals surface area contributed by atoms with Gasteiger partial charge < -0.3 is 29.4 Å². The van der Waals surface area contributed by atoms with E-state index in [0.717, 1.165) is 55.5 Å². The molecule has 0 radical (unpaired) electrons. The van der Waals surface area contributed by atoms with Crippen molar-refractivity contribution < 1.29 is 14.2 Å². The predicted molar refractivity (Wildman–Crippen MR) is 125 cm³/mol. The molecule has 0 aliphatic carbocycles. The van der Waals surface area contributed by atoms with Crippen molar-refractivity contribution >= 4 is 28.2 Å². The summed E-state index contributed by atoms with van der Waals surface area (Å²) in [5.74, 6) is 0.790. The Morgan fingerprint density at radius 2 is 2.00 bits per heavy atom. The Balaban J connectivity index is 1.52. The molecular formula is C23H31N3O4S. The number of pyridine rings is 1. The van der Waals surface area contributed by atoms with Crippen molar-refractivity contribution in [2.24, 2.45) is 0 Å². The molecule has 3 heterocycles. The van der Waals surface area contributed by atoms with Crippen molar-refractivity contribution in [3.8, 4) is 5.75 Å². The van der Waals surface area contributed by atoms with Crippen LogP contribution >= 0.6 is 12.2 Å². The molecule has 0 unspecified atom stereocenters. The summed E-state index contributed by atoms with van der Waals surface area (Å²) in [5, 5.41) is 4.92. The van der Waals surface area contributed by atoms with Crippen LogP contribution < -0.4 is 15.6 Å². The first-order chi connectivity index (χ1) is 15.1. The van der Waals surface area contributed by atoms with Crippen LogP contribution in [0.4, 0.5) is 0 Å². The summed E-state index contributed by atoms with van der Waals surface area (Å²) in [6.45, 7) is 5.92. The lowest BCUT2D eigenvalue weighted by molar-refractivity contribution is 0.0885. The van der Waals surface area contributed by atoms with Gasteiger partial charge in [0.1, 0.15) is 5.75 Å². The molecule has 2 fully saturated rings. The number of aromatic amines is 1. The van der Waals surface area contributed by atoms with E-state index >= 15 is 0 Å². The van der Waals surface area contributed by atoms with Gasteiger partial charge >= 0.3 is 0 Å². The highest BCUT2D eigenvalue weighted by molar-refractivity contribution is 7.80. The van der Waals surface area contributed by atoms with Gasteiger partial charge in [-0.2, -0.15) is 0 Å². The lowest BCUT2D eigenvalue weighted by Gasteiger charge is -2.28. The lowest BCUT2D eigenvalue weighted by Crippen LogP contribution is -2.45. The molecule has 2 aromatic rings.